The molecule has 0 radical (unpaired) electrons. The maximum atomic E-state index is 3.99. The van der Waals surface area contributed by atoms with Gasteiger partial charge in [0.05, 0.1) is 0 Å². The molecular formula is C15H24. The van der Waals surface area contributed by atoms with E-state index in [2.05, 4.69) is 57.7 Å². The minimum atomic E-state index is 0.677. The van der Waals surface area contributed by atoms with Crippen LogP contribution in [0.15, 0.2) is 48.1 Å². The van der Waals surface area contributed by atoms with Gasteiger partial charge in [-0.3, -0.25) is 0 Å². The number of hydrogen-bond acceptors (Lipinski definition) is 0. The fraction of sp³-hybridized carbons (Fsp3) is 0.467. The maximum absolute atomic E-state index is 3.99. The van der Waals surface area contributed by atoms with E-state index in [1.165, 1.54) is 18.4 Å². The number of allylic oxidation sites excluding steroid dienone is 7. The molecule has 1 atom stereocenters. The molecule has 0 amide bonds. The summed E-state index contributed by atoms with van der Waals surface area (Å²) >= 11 is 0. The third kappa shape index (κ3) is 6.96. The molecule has 0 aromatic carbocycles. The third-order valence-corrected chi connectivity index (χ3v) is 2.53. The van der Waals surface area contributed by atoms with Crippen molar-refractivity contribution in [3.05, 3.63) is 48.1 Å². The van der Waals surface area contributed by atoms with Crippen molar-refractivity contribution >= 4 is 0 Å². The van der Waals surface area contributed by atoms with Crippen LogP contribution in [0.3, 0.4) is 0 Å². The Morgan fingerprint density at radius 3 is 2.53 bits per heavy atom. The van der Waals surface area contributed by atoms with E-state index in [4.69, 9.17) is 0 Å². The van der Waals surface area contributed by atoms with Crippen LogP contribution in [0.4, 0.5) is 0 Å². The zero-order valence-electron chi connectivity index (χ0n) is 10.6. The average Bonchev–Trinajstić information content (AvgIpc) is 2.23. The summed E-state index contributed by atoms with van der Waals surface area (Å²) in [7, 11) is 0. The van der Waals surface area contributed by atoms with Gasteiger partial charge in [0, 0.05) is 0 Å². The summed E-state index contributed by atoms with van der Waals surface area (Å²) in [5.41, 5.74) is 2.33. The molecule has 0 nitrogen and oxygen atoms in total. The Balaban J connectivity index is 4.04. The Bertz CT molecular complexity index is 264. The van der Waals surface area contributed by atoms with Gasteiger partial charge < -0.3 is 0 Å². The summed E-state index contributed by atoms with van der Waals surface area (Å²) in [6.45, 7) is 12.6. The molecule has 0 aromatic rings. The van der Waals surface area contributed by atoms with Crippen molar-refractivity contribution in [3.8, 4) is 0 Å². The quantitative estimate of drug-likeness (QED) is 0.531. The Hall–Kier alpha value is -1.04. The summed E-state index contributed by atoms with van der Waals surface area (Å²) in [6.07, 6.45) is 13.1. The highest BCUT2D eigenvalue weighted by Gasteiger charge is 1.92. The lowest BCUT2D eigenvalue weighted by atomic mass is 10.1. The highest BCUT2D eigenvalue weighted by atomic mass is 14.0. The van der Waals surface area contributed by atoms with Crippen molar-refractivity contribution in [1.82, 2.24) is 0 Å². The first-order valence-corrected chi connectivity index (χ1v) is 5.78. The van der Waals surface area contributed by atoms with Crippen LogP contribution in [-0.4, -0.2) is 0 Å². The molecule has 0 saturated carbocycles. The fourth-order valence-corrected chi connectivity index (χ4v) is 1.29. The van der Waals surface area contributed by atoms with Crippen LogP contribution < -0.4 is 0 Å². The van der Waals surface area contributed by atoms with Gasteiger partial charge in [-0.25, -0.2) is 0 Å². The Labute approximate surface area is 95.1 Å². The Kier molecular flexibility index (Phi) is 7.71. The van der Waals surface area contributed by atoms with Gasteiger partial charge in [0.1, 0.15) is 0 Å². The summed E-state index contributed by atoms with van der Waals surface area (Å²) < 4.78 is 0. The van der Waals surface area contributed by atoms with E-state index in [0.717, 1.165) is 5.57 Å². The zero-order chi connectivity index (χ0) is 11.7. The van der Waals surface area contributed by atoms with E-state index >= 15 is 0 Å². The van der Waals surface area contributed by atoms with Crippen molar-refractivity contribution in [1.29, 1.82) is 0 Å². The molecule has 0 spiro atoms. The SMILES string of the molecule is C=C(/C=C\C=C/C(C)CCC)/C(C)=C\C. The first kappa shape index (κ1) is 14.0. The fourth-order valence-electron chi connectivity index (χ4n) is 1.29. The van der Waals surface area contributed by atoms with Gasteiger partial charge in [0.2, 0.25) is 0 Å². The summed E-state index contributed by atoms with van der Waals surface area (Å²) in [4.78, 5) is 0. The topological polar surface area (TPSA) is 0 Å². The molecule has 0 heteroatoms. The van der Waals surface area contributed by atoms with E-state index in [0.29, 0.717) is 5.92 Å². The van der Waals surface area contributed by atoms with Crippen LogP contribution in [0.5, 0.6) is 0 Å². The molecule has 84 valence electrons. The second-order valence-corrected chi connectivity index (χ2v) is 4.01. The van der Waals surface area contributed by atoms with Gasteiger partial charge >= 0.3 is 0 Å². The molecule has 0 N–H and O–H groups in total. The monoisotopic (exact) mass is 204 g/mol. The summed E-state index contributed by atoms with van der Waals surface area (Å²) in [5.74, 6) is 0.677. The standard InChI is InChI=1S/C15H24/c1-6-10-13(3)11-8-9-12-15(5)14(4)7-2/h7-9,11-13H,5-6,10H2,1-4H3/b11-8-,12-9-,14-7-. The predicted molar refractivity (Wildman–Crippen MR) is 70.9 cm³/mol. The van der Waals surface area contributed by atoms with E-state index < -0.39 is 0 Å². The molecule has 0 aliphatic heterocycles. The van der Waals surface area contributed by atoms with Crippen molar-refractivity contribution < 1.29 is 0 Å². The largest absolute Gasteiger partial charge is 0.0915 e. The summed E-state index contributed by atoms with van der Waals surface area (Å²) in [6, 6.07) is 0. The highest BCUT2D eigenvalue weighted by molar-refractivity contribution is 5.36. The molecule has 15 heavy (non-hydrogen) atoms. The average molecular weight is 204 g/mol. The molecule has 0 fully saturated rings. The minimum absolute atomic E-state index is 0.677. The van der Waals surface area contributed by atoms with Crippen molar-refractivity contribution in [2.24, 2.45) is 5.92 Å². The minimum Gasteiger partial charge on any atom is -0.0915 e. The third-order valence-electron chi connectivity index (χ3n) is 2.53. The molecule has 1 unspecified atom stereocenters. The van der Waals surface area contributed by atoms with Gasteiger partial charge in [-0.2, -0.15) is 0 Å². The van der Waals surface area contributed by atoms with E-state index in [1.807, 2.05) is 6.92 Å². The van der Waals surface area contributed by atoms with Gasteiger partial charge in [0.25, 0.3) is 0 Å². The van der Waals surface area contributed by atoms with Crippen LogP contribution in [0.2, 0.25) is 0 Å². The van der Waals surface area contributed by atoms with Crippen LogP contribution in [0.25, 0.3) is 0 Å². The lowest BCUT2D eigenvalue weighted by molar-refractivity contribution is 0.634. The van der Waals surface area contributed by atoms with E-state index in [1.54, 1.807) is 0 Å². The first-order chi connectivity index (χ1) is 7.11. The molecule has 0 aromatic heterocycles. The highest BCUT2D eigenvalue weighted by Crippen LogP contribution is 2.09. The molecule has 0 heterocycles. The molecule has 0 saturated heterocycles. The normalized spacial score (nSPS) is 15.1. The Morgan fingerprint density at radius 2 is 2.00 bits per heavy atom. The molecule has 0 bridgehead atoms. The first-order valence-electron chi connectivity index (χ1n) is 5.78. The number of hydrogen-bond donors (Lipinski definition) is 0. The van der Waals surface area contributed by atoms with Crippen LogP contribution in [0.1, 0.15) is 40.5 Å². The van der Waals surface area contributed by atoms with Crippen molar-refractivity contribution in [3.63, 3.8) is 0 Å². The lowest BCUT2D eigenvalue weighted by Gasteiger charge is -2.01. The second kappa shape index (κ2) is 8.28. The molecule has 0 aliphatic rings. The smallest absolute Gasteiger partial charge is 0.0259 e. The summed E-state index contributed by atoms with van der Waals surface area (Å²) in [5, 5.41) is 0. The van der Waals surface area contributed by atoms with Crippen molar-refractivity contribution in [2.45, 2.75) is 40.5 Å². The van der Waals surface area contributed by atoms with Crippen molar-refractivity contribution in [2.75, 3.05) is 0 Å². The van der Waals surface area contributed by atoms with Crippen LogP contribution in [0, 0.1) is 5.92 Å². The maximum Gasteiger partial charge on any atom is -0.0259 e. The Morgan fingerprint density at radius 1 is 1.33 bits per heavy atom. The van der Waals surface area contributed by atoms with Crippen LogP contribution >= 0.6 is 0 Å². The van der Waals surface area contributed by atoms with Gasteiger partial charge in [0.15, 0.2) is 0 Å². The molecular weight excluding hydrogens is 180 g/mol. The predicted octanol–water partition coefficient (Wildman–Crippen LogP) is 5.06. The van der Waals surface area contributed by atoms with Gasteiger partial charge in [-0.1, -0.05) is 57.2 Å². The van der Waals surface area contributed by atoms with Gasteiger partial charge in [-0.15, -0.1) is 0 Å². The van der Waals surface area contributed by atoms with Crippen LogP contribution in [-0.2, 0) is 0 Å². The lowest BCUT2D eigenvalue weighted by Crippen LogP contribution is -1.86. The molecule has 0 aliphatic carbocycles. The van der Waals surface area contributed by atoms with E-state index in [9.17, 15) is 0 Å². The molecule has 0 rings (SSSR count). The zero-order valence-corrected chi connectivity index (χ0v) is 10.6. The van der Waals surface area contributed by atoms with Gasteiger partial charge in [-0.05, 0) is 37.3 Å². The number of rotatable bonds is 6. The second-order valence-electron chi connectivity index (χ2n) is 4.01. The van der Waals surface area contributed by atoms with E-state index in [-0.39, 0.29) is 0 Å².